The summed E-state index contributed by atoms with van der Waals surface area (Å²) in [5.41, 5.74) is 0. The van der Waals surface area contributed by atoms with E-state index in [-0.39, 0.29) is 0 Å². The third-order valence-electron chi connectivity index (χ3n) is 4.26. The number of likely N-dealkylation sites (N-methyl/N-ethyl adjacent to an activating group) is 2. The number of hydrogen-bond donors (Lipinski definition) is 0. The summed E-state index contributed by atoms with van der Waals surface area (Å²) >= 11 is 4.65. The fourth-order valence-electron chi connectivity index (χ4n) is 2.94. The van der Waals surface area contributed by atoms with Crippen molar-refractivity contribution in [2.75, 3.05) is 46.8 Å². The smallest absolute Gasteiger partial charge is 0.252 e. The first kappa shape index (κ1) is 19.3. The van der Waals surface area contributed by atoms with Crippen molar-refractivity contribution in [2.24, 2.45) is 0 Å². The molecule has 2 heterocycles. The van der Waals surface area contributed by atoms with E-state index in [1.165, 1.54) is 11.3 Å². The highest BCUT2D eigenvalue weighted by molar-refractivity contribution is 9.11. The fourth-order valence-corrected chi connectivity index (χ4v) is 6.57. The summed E-state index contributed by atoms with van der Waals surface area (Å²) in [6.45, 7) is 6.04. The van der Waals surface area contributed by atoms with Crippen LogP contribution in [0.3, 0.4) is 0 Å². The zero-order chi connectivity index (χ0) is 17.0. The molecule has 2 rings (SSSR count). The van der Waals surface area contributed by atoms with E-state index in [4.69, 9.17) is 0 Å². The van der Waals surface area contributed by atoms with Crippen LogP contribution in [0.5, 0.6) is 0 Å². The van der Waals surface area contributed by atoms with E-state index in [1.54, 1.807) is 16.4 Å². The highest BCUT2D eigenvalue weighted by Gasteiger charge is 2.32. The first-order valence-corrected chi connectivity index (χ1v) is 11.0. The largest absolute Gasteiger partial charge is 0.308 e. The predicted molar refractivity (Wildman–Crippen MR) is 99.6 cm³/mol. The molecule has 0 radical (unpaired) electrons. The SMILES string of the molecule is CCN1CCCC1CN(CCN(C)C)S(=O)(=O)c1ccc(Br)s1. The van der Waals surface area contributed by atoms with Gasteiger partial charge in [-0.3, -0.25) is 4.90 Å². The molecule has 0 saturated carbocycles. The summed E-state index contributed by atoms with van der Waals surface area (Å²) in [6.07, 6.45) is 2.24. The molecule has 0 aliphatic carbocycles. The molecule has 1 aliphatic heterocycles. The lowest BCUT2D eigenvalue weighted by molar-refractivity contribution is 0.220. The third kappa shape index (κ3) is 4.99. The van der Waals surface area contributed by atoms with Crippen molar-refractivity contribution in [3.8, 4) is 0 Å². The van der Waals surface area contributed by atoms with Crippen LogP contribution in [0.2, 0.25) is 0 Å². The summed E-state index contributed by atoms with van der Waals surface area (Å²) in [5, 5.41) is 0. The number of rotatable bonds is 8. The molecule has 0 aromatic carbocycles. The van der Waals surface area contributed by atoms with Crippen molar-refractivity contribution in [3.63, 3.8) is 0 Å². The minimum atomic E-state index is -3.43. The van der Waals surface area contributed by atoms with Crippen LogP contribution >= 0.6 is 27.3 Å². The highest BCUT2D eigenvalue weighted by Crippen LogP contribution is 2.29. The normalized spacial score (nSPS) is 20.0. The lowest BCUT2D eigenvalue weighted by Gasteiger charge is -2.30. The second-order valence-corrected chi connectivity index (χ2v) is 10.8. The molecule has 23 heavy (non-hydrogen) atoms. The van der Waals surface area contributed by atoms with Gasteiger partial charge < -0.3 is 4.90 Å². The van der Waals surface area contributed by atoms with Gasteiger partial charge in [-0.25, -0.2) is 8.42 Å². The maximum absolute atomic E-state index is 13.0. The summed E-state index contributed by atoms with van der Waals surface area (Å²) in [7, 11) is 0.519. The van der Waals surface area contributed by atoms with Crippen LogP contribution in [0.4, 0.5) is 0 Å². The molecule has 0 spiro atoms. The number of sulfonamides is 1. The Balaban J connectivity index is 2.19. The maximum Gasteiger partial charge on any atom is 0.252 e. The van der Waals surface area contributed by atoms with Crippen LogP contribution in [0.25, 0.3) is 0 Å². The number of hydrogen-bond acceptors (Lipinski definition) is 5. The van der Waals surface area contributed by atoms with Crippen LogP contribution in [-0.2, 0) is 10.0 Å². The Kier molecular flexibility index (Phi) is 7.06. The van der Waals surface area contributed by atoms with E-state index >= 15 is 0 Å². The molecule has 0 bridgehead atoms. The first-order valence-electron chi connectivity index (χ1n) is 7.99. The van der Waals surface area contributed by atoms with E-state index in [0.29, 0.717) is 23.3 Å². The molecule has 5 nitrogen and oxygen atoms in total. The van der Waals surface area contributed by atoms with Gasteiger partial charge >= 0.3 is 0 Å². The Morgan fingerprint density at radius 1 is 1.35 bits per heavy atom. The molecule has 1 aromatic heterocycles. The second-order valence-electron chi connectivity index (χ2n) is 6.15. The van der Waals surface area contributed by atoms with Gasteiger partial charge in [-0.15, -0.1) is 11.3 Å². The lowest BCUT2D eigenvalue weighted by atomic mass is 10.2. The zero-order valence-corrected chi connectivity index (χ0v) is 17.3. The average Bonchev–Trinajstić information content (AvgIpc) is 3.11. The number of thiophene rings is 1. The Hall–Kier alpha value is 0.01000. The molecule has 1 fully saturated rings. The molecule has 1 atom stereocenters. The van der Waals surface area contributed by atoms with Crippen molar-refractivity contribution in [3.05, 3.63) is 15.9 Å². The molecule has 1 unspecified atom stereocenters. The van der Waals surface area contributed by atoms with Gasteiger partial charge in [0.25, 0.3) is 10.0 Å². The summed E-state index contributed by atoms with van der Waals surface area (Å²) in [6, 6.07) is 3.83. The fraction of sp³-hybridized carbons (Fsp3) is 0.733. The summed E-state index contributed by atoms with van der Waals surface area (Å²) in [4.78, 5) is 4.42. The quantitative estimate of drug-likeness (QED) is 0.644. The molecule has 132 valence electrons. The topological polar surface area (TPSA) is 43.9 Å². The standard InChI is InChI=1S/C15H26BrN3O2S2/c1-4-18-9-5-6-13(18)12-19(11-10-17(2)3)23(20,21)15-8-7-14(16)22-15/h7-8,13H,4-6,9-12H2,1-3H3. The molecule has 1 aromatic rings. The zero-order valence-electron chi connectivity index (χ0n) is 14.0. The van der Waals surface area contributed by atoms with Gasteiger partial charge in [0, 0.05) is 25.7 Å². The van der Waals surface area contributed by atoms with Gasteiger partial charge in [0.1, 0.15) is 4.21 Å². The third-order valence-corrected chi connectivity index (χ3v) is 8.22. The molecular formula is C15H26BrN3O2S2. The summed E-state index contributed by atoms with van der Waals surface area (Å²) in [5.74, 6) is 0. The Morgan fingerprint density at radius 3 is 2.65 bits per heavy atom. The van der Waals surface area contributed by atoms with Crippen molar-refractivity contribution in [2.45, 2.75) is 30.0 Å². The Bertz CT molecular complexity index is 604. The second kappa shape index (κ2) is 8.40. The van der Waals surface area contributed by atoms with E-state index in [9.17, 15) is 8.42 Å². The van der Waals surface area contributed by atoms with Gasteiger partial charge in [-0.1, -0.05) is 6.92 Å². The molecule has 8 heteroatoms. The minimum absolute atomic E-state index is 0.334. The van der Waals surface area contributed by atoms with Crippen molar-refractivity contribution < 1.29 is 8.42 Å². The van der Waals surface area contributed by atoms with E-state index in [0.717, 1.165) is 36.3 Å². The van der Waals surface area contributed by atoms with Crippen LogP contribution in [0, 0.1) is 0 Å². The minimum Gasteiger partial charge on any atom is -0.308 e. The van der Waals surface area contributed by atoms with Crippen molar-refractivity contribution in [1.29, 1.82) is 0 Å². The Labute approximate surface area is 152 Å². The maximum atomic E-state index is 13.0. The van der Waals surface area contributed by atoms with Crippen LogP contribution in [0.1, 0.15) is 19.8 Å². The molecule has 1 saturated heterocycles. The average molecular weight is 424 g/mol. The van der Waals surface area contributed by atoms with Crippen LogP contribution < -0.4 is 0 Å². The van der Waals surface area contributed by atoms with Crippen molar-refractivity contribution in [1.82, 2.24) is 14.1 Å². The van der Waals surface area contributed by atoms with Crippen molar-refractivity contribution >= 4 is 37.3 Å². The predicted octanol–water partition coefficient (Wildman–Crippen LogP) is 2.55. The molecular weight excluding hydrogens is 398 g/mol. The molecule has 1 aliphatic rings. The van der Waals surface area contributed by atoms with Gasteiger partial charge in [-0.2, -0.15) is 4.31 Å². The van der Waals surface area contributed by atoms with Crippen LogP contribution in [0.15, 0.2) is 20.1 Å². The number of nitrogens with zero attached hydrogens (tertiary/aromatic N) is 3. The van der Waals surface area contributed by atoms with Gasteiger partial charge in [-0.05, 0) is 68.1 Å². The van der Waals surface area contributed by atoms with Gasteiger partial charge in [0.15, 0.2) is 0 Å². The lowest BCUT2D eigenvalue weighted by Crippen LogP contribution is -2.45. The number of likely N-dealkylation sites (tertiary alicyclic amines) is 1. The number of halogens is 1. The highest BCUT2D eigenvalue weighted by atomic mass is 79.9. The van der Waals surface area contributed by atoms with Gasteiger partial charge in [0.05, 0.1) is 3.79 Å². The Morgan fingerprint density at radius 2 is 2.09 bits per heavy atom. The van der Waals surface area contributed by atoms with E-state index in [2.05, 4.69) is 27.8 Å². The first-order chi connectivity index (χ1) is 10.8. The summed E-state index contributed by atoms with van der Waals surface area (Å²) < 4.78 is 29.0. The van der Waals surface area contributed by atoms with Crippen LogP contribution in [-0.4, -0.2) is 75.4 Å². The van der Waals surface area contributed by atoms with E-state index < -0.39 is 10.0 Å². The molecule has 0 amide bonds. The van der Waals surface area contributed by atoms with E-state index in [1.807, 2.05) is 19.0 Å². The molecule has 0 N–H and O–H groups in total. The van der Waals surface area contributed by atoms with Gasteiger partial charge in [0.2, 0.25) is 0 Å². The monoisotopic (exact) mass is 423 g/mol.